The van der Waals surface area contributed by atoms with Crippen LogP contribution in [0.2, 0.25) is 0 Å². The third-order valence-corrected chi connectivity index (χ3v) is 12.9. The number of phosphoric ester groups is 1. The number of carbonyl (C=O) groups is 3. The lowest BCUT2D eigenvalue weighted by atomic mass is 10.1. The zero-order valence-corrected chi connectivity index (χ0v) is 47.7. The van der Waals surface area contributed by atoms with Crippen LogP contribution in [0.3, 0.4) is 0 Å². The van der Waals surface area contributed by atoms with Crippen molar-refractivity contribution in [1.82, 2.24) is 0 Å². The van der Waals surface area contributed by atoms with Crippen molar-refractivity contribution in [3.05, 3.63) is 97.2 Å². The van der Waals surface area contributed by atoms with Crippen molar-refractivity contribution in [2.45, 2.75) is 251 Å². The molecule has 74 heavy (non-hydrogen) atoms. The lowest BCUT2D eigenvalue weighted by molar-refractivity contribution is -0.161. The number of aliphatic hydroxyl groups is 1. The van der Waals surface area contributed by atoms with Crippen LogP contribution < -0.4 is 0 Å². The molecule has 0 heterocycles. The summed E-state index contributed by atoms with van der Waals surface area (Å²) in [5.74, 6) is -1.58. The monoisotopic (exact) mass is 1060 g/mol. The fraction of sp³-hybridized carbons (Fsp3) is 0.694. The fourth-order valence-electron chi connectivity index (χ4n) is 7.53. The van der Waals surface area contributed by atoms with Crippen LogP contribution in [0.1, 0.15) is 239 Å². The molecular formula is C62H105O11P. The third kappa shape index (κ3) is 53.2. The Bertz CT molecular complexity index is 1610. The Labute approximate surface area is 451 Å². The summed E-state index contributed by atoms with van der Waals surface area (Å²) in [5.41, 5.74) is 0. The van der Waals surface area contributed by atoms with Crippen LogP contribution in [0.5, 0.6) is 0 Å². The molecule has 0 aromatic heterocycles. The van der Waals surface area contributed by atoms with Gasteiger partial charge in [-0.2, -0.15) is 0 Å². The molecule has 0 saturated heterocycles. The predicted octanol–water partition coefficient (Wildman–Crippen LogP) is 17.3. The molecule has 424 valence electrons. The van der Waals surface area contributed by atoms with Gasteiger partial charge in [0.15, 0.2) is 6.10 Å². The minimum atomic E-state index is -4.77. The molecule has 2 N–H and O–H groups in total. The van der Waals surface area contributed by atoms with Gasteiger partial charge in [0, 0.05) is 19.3 Å². The second-order valence-corrected chi connectivity index (χ2v) is 20.5. The lowest BCUT2D eigenvalue weighted by Crippen LogP contribution is -2.30. The Morgan fingerprint density at radius 2 is 0.743 bits per heavy atom. The van der Waals surface area contributed by atoms with Gasteiger partial charge in [0.2, 0.25) is 0 Å². The number of allylic oxidation sites excluding steroid dienone is 16. The SMILES string of the molecule is CC/C=C\C/C=C\C/C=C\C/C=C\C/C=C\C/C=C\CCC(=O)OCC(COP(=O)(O)OCC(CO)OC(=O)CCCCCCC/C=C\CCCC)OC(=O)CCCCCCCCC/C=C\CCCCCCCC. The molecule has 0 radical (unpaired) electrons. The van der Waals surface area contributed by atoms with Crippen LogP contribution in [0.15, 0.2) is 97.2 Å². The lowest BCUT2D eigenvalue weighted by Gasteiger charge is -2.21. The molecule has 0 rings (SSSR count). The molecule has 12 heteroatoms. The van der Waals surface area contributed by atoms with Gasteiger partial charge in [-0.05, 0) is 103 Å². The summed E-state index contributed by atoms with van der Waals surface area (Å²) in [7, 11) is -4.77. The highest BCUT2D eigenvalue weighted by Crippen LogP contribution is 2.43. The Kier molecular flexibility index (Phi) is 52.9. The second kappa shape index (κ2) is 55.6. The van der Waals surface area contributed by atoms with E-state index in [9.17, 15) is 28.9 Å². The maximum absolute atomic E-state index is 12.9. The summed E-state index contributed by atoms with van der Waals surface area (Å²) in [6.07, 6.45) is 65.3. The van der Waals surface area contributed by atoms with E-state index in [1.165, 1.54) is 70.6 Å². The summed E-state index contributed by atoms with van der Waals surface area (Å²) in [5, 5.41) is 9.79. The van der Waals surface area contributed by atoms with E-state index in [0.717, 1.165) is 109 Å². The molecular weight excluding hydrogens is 952 g/mol. The number of aliphatic hydroxyl groups excluding tert-OH is 1. The van der Waals surface area contributed by atoms with Gasteiger partial charge in [-0.15, -0.1) is 0 Å². The molecule has 0 amide bonds. The first-order valence-electron chi connectivity index (χ1n) is 29.1. The Morgan fingerprint density at radius 3 is 1.18 bits per heavy atom. The van der Waals surface area contributed by atoms with Crippen molar-refractivity contribution in [3.8, 4) is 0 Å². The van der Waals surface area contributed by atoms with Gasteiger partial charge in [-0.1, -0.05) is 214 Å². The summed E-state index contributed by atoms with van der Waals surface area (Å²) >= 11 is 0. The highest BCUT2D eigenvalue weighted by molar-refractivity contribution is 7.47. The highest BCUT2D eigenvalue weighted by Gasteiger charge is 2.28. The number of phosphoric acid groups is 1. The quantitative estimate of drug-likeness (QED) is 0.0197. The predicted molar refractivity (Wildman–Crippen MR) is 307 cm³/mol. The molecule has 0 aliphatic heterocycles. The van der Waals surface area contributed by atoms with E-state index < -0.39 is 57.8 Å². The van der Waals surface area contributed by atoms with E-state index in [1.54, 1.807) is 0 Å². The van der Waals surface area contributed by atoms with Gasteiger partial charge in [0.05, 0.1) is 19.8 Å². The molecule has 0 saturated carbocycles. The molecule has 0 aliphatic carbocycles. The number of ether oxygens (including phenoxy) is 3. The van der Waals surface area contributed by atoms with E-state index >= 15 is 0 Å². The molecule has 0 fully saturated rings. The third-order valence-electron chi connectivity index (χ3n) is 12.0. The summed E-state index contributed by atoms with van der Waals surface area (Å²) in [6, 6.07) is 0. The van der Waals surface area contributed by atoms with Crippen molar-refractivity contribution in [2.24, 2.45) is 0 Å². The van der Waals surface area contributed by atoms with Crippen LogP contribution in [-0.2, 0) is 42.2 Å². The van der Waals surface area contributed by atoms with Crippen molar-refractivity contribution in [1.29, 1.82) is 0 Å². The zero-order valence-electron chi connectivity index (χ0n) is 46.8. The average molecular weight is 1060 g/mol. The largest absolute Gasteiger partial charge is 0.472 e. The maximum atomic E-state index is 12.9. The van der Waals surface area contributed by atoms with E-state index in [4.69, 9.17) is 23.3 Å². The normalized spacial score (nSPS) is 14.1. The summed E-state index contributed by atoms with van der Waals surface area (Å²) in [4.78, 5) is 48.5. The van der Waals surface area contributed by atoms with Crippen molar-refractivity contribution >= 4 is 25.7 Å². The van der Waals surface area contributed by atoms with Gasteiger partial charge in [0.25, 0.3) is 0 Å². The molecule has 0 spiro atoms. The molecule has 3 unspecified atom stereocenters. The molecule has 11 nitrogen and oxygen atoms in total. The smallest absolute Gasteiger partial charge is 0.462 e. The number of esters is 3. The molecule has 0 bridgehead atoms. The van der Waals surface area contributed by atoms with Crippen LogP contribution in [-0.4, -0.2) is 66.5 Å². The first-order chi connectivity index (χ1) is 36.2. The van der Waals surface area contributed by atoms with E-state index in [1.807, 2.05) is 12.2 Å². The summed E-state index contributed by atoms with van der Waals surface area (Å²) < 4.78 is 39.4. The zero-order chi connectivity index (χ0) is 54.1. The van der Waals surface area contributed by atoms with Gasteiger partial charge >= 0.3 is 25.7 Å². The Morgan fingerprint density at radius 1 is 0.392 bits per heavy atom. The Hall–Kier alpha value is -3.60. The topological polar surface area (TPSA) is 155 Å². The second-order valence-electron chi connectivity index (χ2n) is 19.1. The minimum absolute atomic E-state index is 0.0968. The van der Waals surface area contributed by atoms with E-state index in [0.29, 0.717) is 19.3 Å². The summed E-state index contributed by atoms with van der Waals surface area (Å²) in [6.45, 7) is 4.39. The van der Waals surface area contributed by atoms with Gasteiger partial charge in [-0.3, -0.25) is 23.4 Å². The standard InChI is InChI=1S/C62H105O11P/c1-4-7-10-13-16-19-22-24-26-28-29-31-32-34-37-39-42-45-48-51-60(64)69-55-59(73-62(66)53-50-47-44-41-38-35-33-30-27-25-23-20-17-14-11-8-5-2)57-71-74(67,68)70-56-58(54-63)72-61(65)52-49-46-43-40-36-21-18-15-12-9-6-3/h7,10,15-16,18-19,24-27,29,31,34,37,42,45,58-59,63H,4-6,8-9,11-14,17,20-23,28,30,32-33,35-36,38-41,43-44,46-57H2,1-3H3,(H,67,68)/b10-7-,18-15-,19-16-,26-24-,27-25-,31-29-,37-34-,45-42-. The van der Waals surface area contributed by atoms with Crippen molar-refractivity contribution in [2.75, 3.05) is 26.4 Å². The maximum Gasteiger partial charge on any atom is 0.472 e. The fourth-order valence-corrected chi connectivity index (χ4v) is 8.32. The van der Waals surface area contributed by atoms with Gasteiger partial charge in [-0.25, -0.2) is 4.57 Å². The van der Waals surface area contributed by atoms with E-state index in [2.05, 4.69) is 106 Å². The van der Waals surface area contributed by atoms with Crippen LogP contribution in [0, 0.1) is 0 Å². The van der Waals surface area contributed by atoms with Crippen molar-refractivity contribution < 1.29 is 52.2 Å². The minimum Gasteiger partial charge on any atom is -0.462 e. The molecule has 0 aromatic rings. The first kappa shape index (κ1) is 70.4. The van der Waals surface area contributed by atoms with Crippen LogP contribution in [0.4, 0.5) is 0 Å². The van der Waals surface area contributed by atoms with Gasteiger partial charge in [0.1, 0.15) is 12.7 Å². The molecule has 0 aliphatic rings. The number of hydrogen-bond donors (Lipinski definition) is 2. The number of carbonyl (C=O) groups excluding carboxylic acids is 3. The number of unbranched alkanes of at least 4 members (excludes halogenated alkanes) is 20. The average Bonchev–Trinajstić information content (AvgIpc) is 3.39. The van der Waals surface area contributed by atoms with Crippen molar-refractivity contribution in [3.63, 3.8) is 0 Å². The van der Waals surface area contributed by atoms with Crippen LogP contribution in [0.25, 0.3) is 0 Å². The molecule has 0 aromatic carbocycles. The highest BCUT2D eigenvalue weighted by atomic mass is 31.2. The molecule has 3 atom stereocenters. The first-order valence-corrected chi connectivity index (χ1v) is 30.6. The van der Waals surface area contributed by atoms with Gasteiger partial charge < -0.3 is 24.2 Å². The Balaban J connectivity index is 4.85. The van der Waals surface area contributed by atoms with E-state index in [-0.39, 0.29) is 25.9 Å². The number of rotatable bonds is 53. The van der Waals surface area contributed by atoms with Crippen LogP contribution >= 0.6 is 7.82 Å². The number of hydrogen-bond acceptors (Lipinski definition) is 10.